The Kier molecular flexibility index (Phi) is 3.76. The first-order valence-corrected chi connectivity index (χ1v) is 7.46. The molecule has 1 aliphatic heterocycles. The summed E-state index contributed by atoms with van der Waals surface area (Å²) in [6, 6.07) is 2.02. The van der Waals surface area contributed by atoms with E-state index in [1.165, 1.54) is 0 Å². The Morgan fingerprint density at radius 3 is 3.20 bits per heavy atom. The van der Waals surface area contributed by atoms with Crippen molar-refractivity contribution >= 4 is 27.5 Å². The number of halogens is 1. The van der Waals surface area contributed by atoms with Crippen LogP contribution >= 0.6 is 15.9 Å². The Morgan fingerprint density at radius 1 is 1.60 bits per heavy atom. The van der Waals surface area contributed by atoms with Crippen LogP contribution in [0, 0.1) is 6.92 Å². The van der Waals surface area contributed by atoms with E-state index in [2.05, 4.69) is 26.2 Å². The van der Waals surface area contributed by atoms with Crippen LogP contribution in [0.25, 0.3) is 5.65 Å². The highest BCUT2D eigenvalue weighted by Gasteiger charge is 2.23. The average molecular weight is 338 g/mol. The molecule has 20 heavy (non-hydrogen) atoms. The summed E-state index contributed by atoms with van der Waals surface area (Å²) < 4.78 is 8.33. The molecular weight excluding hydrogens is 322 g/mol. The number of carbonyl (C=O) groups is 1. The summed E-state index contributed by atoms with van der Waals surface area (Å²) in [5.41, 5.74) is 2.85. The van der Waals surface area contributed by atoms with Crippen molar-refractivity contribution in [3.8, 4) is 0 Å². The maximum atomic E-state index is 11.9. The summed E-state index contributed by atoms with van der Waals surface area (Å²) >= 11 is 3.46. The molecule has 1 saturated heterocycles. The Balaban J connectivity index is 1.71. The van der Waals surface area contributed by atoms with Gasteiger partial charge in [-0.3, -0.25) is 4.79 Å². The van der Waals surface area contributed by atoms with Gasteiger partial charge in [-0.1, -0.05) is 0 Å². The van der Waals surface area contributed by atoms with Gasteiger partial charge in [-0.2, -0.15) is 0 Å². The second-order valence-corrected chi connectivity index (χ2v) is 5.94. The summed E-state index contributed by atoms with van der Waals surface area (Å²) in [5, 5.41) is 2.88. The molecular formula is C14H16BrN3O2. The third kappa shape index (κ3) is 2.71. The van der Waals surface area contributed by atoms with Crippen LogP contribution in [-0.4, -0.2) is 28.0 Å². The number of fused-ring (bicyclic) bond motifs is 1. The van der Waals surface area contributed by atoms with Gasteiger partial charge in [-0.25, -0.2) is 4.98 Å². The van der Waals surface area contributed by atoms with Gasteiger partial charge in [0.15, 0.2) is 0 Å². The van der Waals surface area contributed by atoms with Crippen molar-refractivity contribution < 1.29 is 9.53 Å². The monoisotopic (exact) mass is 337 g/mol. The lowest BCUT2D eigenvalue weighted by molar-refractivity contribution is -0.130. The van der Waals surface area contributed by atoms with E-state index in [0.29, 0.717) is 13.2 Å². The number of carbonyl (C=O) groups excluding carboxylic acids is 1. The lowest BCUT2D eigenvalue weighted by atomic mass is 10.2. The number of amides is 1. The average Bonchev–Trinajstić information content (AvgIpc) is 3.04. The molecule has 0 saturated carbocycles. The van der Waals surface area contributed by atoms with Crippen molar-refractivity contribution in [2.45, 2.75) is 32.4 Å². The summed E-state index contributed by atoms with van der Waals surface area (Å²) in [6.45, 7) is 3.12. The first-order valence-electron chi connectivity index (χ1n) is 6.66. The number of aromatic nitrogens is 2. The highest BCUT2D eigenvalue weighted by molar-refractivity contribution is 9.10. The second kappa shape index (κ2) is 5.54. The largest absolute Gasteiger partial charge is 0.368 e. The van der Waals surface area contributed by atoms with Crippen LogP contribution in [0.4, 0.5) is 0 Å². The quantitative estimate of drug-likeness (QED) is 0.934. The van der Waals surface area contributed by atoms with Crippen molar-refractivity contribution in [3.63, 3.8) is 0 Å². The molecule has 2 aromatic rings. The van der Waals surface area contributed by atoms with Crippen LogP contribution in [0.1, 0.15) is 24.1 Å². The highest BCUT2D eigenvalue weighted by atomic mass is 79.9. The molecule has 1 amide bonds. The number of pyridine rings is 1. The van der Waals surface area contributed by atoms with E-state index in [-0.39, 0.29) is 12.0 Å². The number of hydrogen-bond donors (Lipinski definition) is 1. The molecule has 3 heterocycles. The van der Waals surface area contributed by atoms with Gasteiger partial charge >= 0.3 is 0 Å². The van der Waals surface area contributed by atoms with E-state index in [0.717, 1.165) is 34.2 Å². The van der Waals surface area contributed by atoms with E-state index in [9.17, 15) is 4.79 Å². The van der Waals surface area contributed by atoms with Gasteiger partial charge in [0.2, 0.25) is 5.91 Å². The standard InChI is InChI=1S/C14H16BrN3O2/c1-9-5-10(15)7-18-8-11(17-13(9)18)6-16-14(19)12-3-2-4-20-12/h5,7-8,12H,2-4,6H2,1H3,(H,16,19). The number of nitrogens with zero attached hydrogens (tertiary/aromatic N) is 2. The summed E-state index contributed by atoms with van der Waals surface area (Å²) in [6.07, 6.45) is 5.37. The van der Waals surface area contributed by atoms with E-state index in [1.54, 1.807) is 0 Å². The van der Waals surface area contributed by atoms with Crippen molar-refractivity contribution in [1.82, 2.24) is 14.7 Å². The van der Waals surface area contributed by atoms with E-state index >= 15 is 0 Å². The molecule has 1 unspecified atom stereocenters. The SMILES string of the molecule is Cc1cc(Br)cn2cc(CNC(=O)C3CCCO3)nc12. The van der Waals surface area contributed by atoms with E-state index in [1.807, 2.05) is 29.8 Å². The van der Waals surface area contributed by atoms with Crippen LogP contribution < -0.4 is 5.32 Å². The van der Waals surface area contributed by atoms with Gasteiger partial charge in [0, 0.05) is 23.5 Å². The van der Waals surface area contributed by atoms with Gasteiger partial charge < -0.3 is 14.5 Å². The van der Waals surface area contributed by atoms with E-state index < -0.39 is 0 Å². The number of ether oxygens (including phenoxy) is 1. The minimum atomic E-state index is -0.289. The lowest BCUT2D eigenvalue weighted by Crippen LogP contribution is -2.33. The fraction of sp³-hybridized carbons (Fsp3) is 0.429. The molecule has 0 aromatic carbocycles. The summed E-state index contributed by atoms with van der Waals surface area (Å²) in [4.78, 5) is 16.4. The molecule has 5 nitrogen and oxygen atoms in total. The third-order valence-electron chi connectivity index (χ3n) is 3.42. The fourth-order valence-corrected chi connectivity index (χ4v) is 3.00. The Bertz CT molecular complexity index is 647. The fourth-order valence-electron chi connectivity index (χ4n) is 2.44. The zero-order chi connectivity index (χ0) is 14.1. The van der Waals surface area contributed by atoms with Crippen molar-refractivity contribution in [1.29, 1.82) is 0 Å². The molecule has 0 aliphatic carbocycles. The maximum absolute atomic E-state index is 11.9. The number of nitrogens with one attached hydrogen (secondary N) is 1. The first-order chi connectivity index (χ1) is 9.63. The van der Waals surface area contributed by atoms with Crippen LogP contribution in [-0.2, 0) is 16.1 Å². The topological polar surface area (TPSA) is 55.6 Å². The molecule has 2 aromatic heterocycles. The normalized spacial score (nSPS) is 18.6. The Labute approximate surface area is 125 Å². The lowest BCUT2D eigenvalue weighted by Gasteiger charge is -2.08. The summed E-state index contributed by atoms with van der Waals surface area (Å²) in [5.74, 6) is -0.0440. The Hall–Kier alpha value is -1.40. The van der Waals surface area contributed by atoms with Gasteiger partial charge in [-0.15, -0.1) is 0 Å². The van der Waals surface area contributed by atoms with Crippen LogP contribution in [0.3, 0.4) is 0 Å². The minimum absolute atomic E-state index is 0.0440. The third-order valence-corrected chi connectivity index (χ3v) is 3.85. The minimum Gasteiger partial charge on any atom is -0.368 e. The zero-order valence-corrected chi connectivity index (χ0v) is 12.8. The number of imidazole rings is 1. The van der Waals surface area contributed by atoms with Gasteiger partial charge in [0.1, 0.15) is 11.8 Å². The predicted molar refractivity (Wildman–Crippen MR) is 78.4 cm³/mol. The molecule has 1 fully saturated rings. The Morgan fingerprint density at radius 2 is 2.45 bits per heavy atom. The van der Waals surface area contributed by atoms with Crippen molar-refractivity contribution in [3.05, 3.63) is 34.2 Å². The van der Waals surface area contributed by atoms with Crippen molar-refractivity contribution in [2.75, 3.05) is 6.61 Å². The molecule has 1 aliphatic rings. The summed E-state index contributed by atoms with van der Waals surface area (Å²) in [7, 11) is 0. The van der Waals surface area contributed by atoms with Gasteiger partial charge in [0.05, 0.1) is 12.2 Å². The smallest absolute Gasteiger partial charge is 0.249 e. The van der Waals surface area contributed by atoms with Crippen LogP contribution in [0.2, 0.25) is 0 Å². The molecule has 106 valence electrons. The zero-order valence-electron chi connectivity index (χ0n) is 11.2. The molecule has 1 atom stereocenters. The van der Waals surface area contributed by atoms with Crippen LogP contribution in [0.15, 0.2) is 22.9 Å². The van der Waals surface area contributed by atoms with Gasteiger partial charge in [0.25, 0.3) is 0 Å². The molecule has 1 N–H and O–H groups in total. The second-order valence-electron chi connectivity index (χ2n) is 5.02. The predicted octanol–water partition coefficient (Wildman–Crippen LogP) is 2.20. The van der Waals surface area contributed by atoms with Crippen molar-refractivity contribution in [2.24, 2.45) is 0 Å². The first kappa shape index (κ1) is 13.6. The van der Waals surface area contributed by atoms with Crippen LogP contribution in [0.5, 0.6) is 0 Å². The number of rotatable bonds is 3. The molecule has 0 bridgehead atoms. The number of hydrogen-bond acceptors (Lipinski definition) is 3. The molecule has 0 radical (unpaired) electrons. The molecule has 0 spiro atoms. The van der Waals surface area contributed by atoms with Gasteiger partial charge in [-0.05, 0) is 47.3 Å². The van der Waals surface area contributed by atoms with E-state index in [4.69, 9.17) is 4.74 Å². The molecule has 3 rings (SSSR count). The highest BCUT2D eigenvalue weighted by Crippen LogP contribution is 2.17. The maximum Gasteiger partial charge on any atom is 0.249 e. The number of aryl methyl sites for hydroxylation is 1. The molecule has 6 heteroatoms.